The lowest BCUT2D eigenvalue weighted by Gasteiger charge is -2.31. The minimum absolute atomic E-state index is 0.00431. The van der Waals surface area contributed by atoms with Gasteiger partial charge >= 0.3 is 0 Å². The summed E-state index contributed by atoms with van der Waals surface area (Å²) in [6.45, 7) is 7.95. The number of rotatable bonds is 5. The molecule has 0 saturated carbocycles. The van der Waals surface area contributed by atoms with Gasteiger partial charge in [-0.25, -0.2) is 9.97 Å². The first-order chi connectivity index (χ1) is 9.19. The second-order valence-electron chi connectivity index (χ2n) is 5.29. The normalized spacial score (nSPS) is 22.4. The van der Waals surface area contributed by atoms with Gasteiger partial charge in [0.1, 0.15) is 6.10 Å². The van der Waals surface area contributed by atoms with E-state index in [0.29, 0.717) is 0 Å². The van der Waals surface area contributed by atoms with E-state index in [1.807, 2.05) is 19.3 Å². The molecule has 1 saturated heterocycles. The number of aromatic nitrogens is 2. The van der Waals surface area contributed by atoms with Crippen LogP contribution < -0.4 is 5.73 Å². The molecule has 5 heteroatoms. The van der Waals surface area contributed by atoms with Crippen molar-refractivity contribution < 1.29 is 4.74 Å². The van der Waals surface area contributed by atoms with Crippen LogP contribution in [0.25, 0.3) is 0 Å². The van der Waals surface area contributed by atoms with Crippen molar-refractivity contribution in [1.82, 2.24) is 14.9 Å². The first-order valence-electron chi connectivity index (χ1n) is 7.09. The van der Waals surface area contributed by atoms with E-state index in [9.17, 15) is 0 Å². The summed E-state index contributed by atoms with van der Waals surface area (Å²) >= 11 is 0. The highest BCUT2D eigenvalue weighted by Crippen LogP contribution is 2.19. The Bertz CT molecular complexity index is 378. The van der Waals surface area contributed by atoms with Gasteiger partial charge in [0.05, 0.1) is 6.61 Å². The van der Waals surface area contributed by atoms with Crippen molar-refractivity contribution in [3.05, 3.63) is 23.8 Å². The number of hydrogen-bond donors (Lipinski definition) is 1. The number of nitrogens with two attached hydrogens (primary N) is 1. The third-order valence-electron chi connectivity index (χ3n) is 3.26. The lowest BCUT2D eigenvalue weighted by Crippen LogP contribution is -2.39. The van der Waals surface area contributed by atoms with Crippen LogP contribution in [-0.2, 0) is 11.2 Å². The summed E-state index contributed by atoms with van der Waals surface area (Å²) in [5.74, 6) is 0.786. The fraction of sp³-hybridized carbons (Fsp3) is 0.714. The predicted molar refractivity (Wildman–Crippen MR) is 74.8 cm³/mol. The smallest absolute Gasteiger partial charge is 0.158 e. The van der Waals surface area contributed by atoms with Gasteiger partial charge in [0.2, 0.25) is 0 Å². The fourth-order valence-electron chi connectivity index (χ4n) is 2.39. The predicted octanol–water partition coefficient (Wildman–Crippen LogP) is 1.15. The van der Waals surface area contributed by atoms with Crippen molar-refractivity contribution in [2.75, 3.05) is 26.2 Å². The van der Waals surface area contributed by atoms with Crippen LogP contribution in [0.5, 0.6) is 0 Å². The van der Waals surface area contributed by atoms with E-state index in [-0.39, 0.29) is 12.1 Å². The van der Waals surface area contributed by atoms with Crippen molar-refractivity contribution in [2.24, 2.45) is 5.73 Å². The largest absolute Gasteiger partial charge is 0.368 e. The highest BCUT2D eigenvalue weighted by atomic mass is 16.5. The maximum Gasteiger partial charge on any atom is 0.158 e. The SMILES string of the molecule is CCCN1CCOC(c2ncc(CC(C)N)cn2)C1. The van der Waals surface area contributed by atoms with Gasteiger partial charge in [-0.3, -0.25) is 4.90 Å². The third kappa shape index (κ3) is 4.23. The molecule has 1 aromatic rings. The Kier molecular flexibility index (Phi) is 5.24. The second-order valence-corrected chi connectivity index (χ2v) is 5.29. The zero-order valence-corrected chi connectivity index (χ0v) is 11.9. The van der Waals surface area contributed by atoms with Crippen LogP contribution in [-0.4, -0.2) is 47.2 Å². The standard InChI is InChI=1S/C14H24N4O/c1-3-4-18-5-6-19-13(10-18)14-16-8-12(9-17-14)7-11(2)15/h8-9,11,13H,3-7,10,15H2,1-2H3. The monoisotopic (exact) mass is 264 g/mol. The molecule has 5 nitrogen and oxygen atoms in total. The average molecular weight is 264 g/mol. The van der Waals surface area contributed by atoms with Gasteiger partial charge in [0, 0.05) is 31.5 Å². The van der Waals surface area contributed by atoms with Crippen molar-refractivity contribution in [3.8, 4) is 0 Å². The van der Waals surface area contributed by atoms with E-state index >= 15 is 0 Å². The summed E-state index contributed by atoms with van der Waals surface area (Å²) in [6, 6.07) is 0.139. The Balaban J connectivity index is 1.97. The maximum atomic E-state index is 5.77. The number of ether oxygens (including phenoxy) is 1. The molecular weight excluding hydrogens is 240 g/mol. The topological polar surface area (TPSA) is 64.3 Å². The minimum Gasteiger partial charge on any atom is -0.368 e. The minimum atomic E-state index is 0.00431. The van der Waals surface area contributed by atoms with Crippen LogP contribution in [0.15, 0.2) is 12.4 Å². The van der Waals surface area contributed by atoms with Gasteiger partial charge in [-0.05, 0) is 31.9 Å². The molecule has 2 heterocycles. The summed E-state index contributed by atoms with van der Waals surface area (Å²) < 4.78 is 5.77. The van der Waals surface area contributed by atoms with Crippen LogP contribution >= 0.6 is 0 Å². The number of nitrogens with zero attached hydrogens (tertiary/aromatic N) is 3. The van der Waals surface area contributed by atoms with Crippen molar-refractivity contribution in [1.29, 1.82) is 0 Å². The van der Waals surface area contributed by atoms with Crippen LogP contribution in [0.2, 0.25) is 0 Å². The Morgan fingerprint density at radius 1 is 1.47 bits per heavy atom. The number of morpholine rings is 1. The summed E-state index contributed by atoms with van der Waals surface area (Å²) in [5.41, 5.74) is 6.85. The van der Waals surface area contributed by atoms with Crippen LogP contribution in [0, 0.1) is 0 Å². The summed E-state index contributed by atoms with van der Waals surface area (Å²) in [5, 5.41) is 0. The van der Waals surface area contributed by atoms with E-state index < -0.39 is 0 Å². The number of hydrogen-bond acceptors (Lipinski definition) is 5. The molecule has 0 amide bonds. The molecule has 1 fully saturated rings. The van der Waals surface area contributed by atoms with E-state index in [1.54, 1.807) is 0 Å². The summed E-state index contributed by atoms with van der Waals surface area (Å²) in [7, 11) is 0. The van der Waals surface area contributed by atoms with Gasteiger partial charge in [-0.1, -0.05) is 6.92 Å². The highest BCUT2D eigenvalue weighted by Gasteiger charge is 2.23. The Hall–Kier alpha value is -1.04. The molecule has 2 unspecified atom stereocenters. The third-order valence-corrected chi connectivity index (χ3v) is 3.26. The molecule has 2 atom stereocenters. The zero-order chi connectivity index (χ0) is 13.7. The molecule has 0 aromatic carbocycles. The molecule has 1 aliphatic heterocycles. The zero-order valence-electron chi connectivity index (χ0n) is 11.9. The Morgan fingerprint density at radius 3 is 2.84 bits per heavy atom. The quantitative estimate of drug-likeness (QED) is 0.864. The van der Waals surface area contributed by atoms with Gasteiger partial charge in [-0.2, -0.15) is 0 Å². The molecule has 106 valence electrons. The second kappa shape index (κ2) is 6.93. The summed E-state index contributed by atoms with van der Waals surface area (Å²) in [6.07, 6.45) is 5.72. The summed E-state index contributed by atoms with van der Waals surface area (Å²) in [4.78, 5) is 11.3. The van der Waals surface area contributed by atoms with Crippen LogP contribution in [0.1, 0.15) is 37.8 Å². The van der Waals surface area contributed by atoms with E-state index in [0.717, 1.165) is 44.0 Å². The van der Waals surface area contributed by atoms with Gasteiger partial charge in [-0.15, -0.1) is 0 Å². The van der Waals surface area contributed by atoms with E-state index in [2.05, 4.69) is 21.8 Å². The van der Waals surface area contributed by atoms with Crippen molar-refractivity contribution in [3.63, 3.8) is 0 Å². The lowest BCUT2D eigenvalue weighted by atomic mass is 10.1. The fourth-order valence-corrected chi connectivity index (χ4v) is 2.39. The molecule has 0 radical (unpaired) electrons. The molecule has 2 rings (SSSR count). The molecule has 1 aliphatic rings. The molecule has 0 bridgehead atoms. The molecular formula is C14H24N4O. The molecule has 0 aliphatic carbocycles. The van der Waals surface area contributed by atoms with Gasteiger partial charge < -0.3 is 10.5 Å². The van der Waals surface area contributed by atoms with Crippen molar-refractivity contribution >= 4 is 0 Å². The molecule has 19 heavy (non-hydrogen) atoms. The first kappa shape index (κ1) is 14.4. The van der Waals surface area contributed by atoms with Gasteiger partial charge in [0.15, 0.2) is 5.82 Å². The molecule has 2 N–H and O–H groups in total. The van der Waals surface area contributed by atoms with E-state index in [1.165, 1.54) is 6.42 Å². The molecule has 1 aromatic heterocycles. The maximum absolute atomic E-state index is 5.77. The van der Waals surface area contributed by atoms with Crippen molar-refractivity contribution in [2.45, 2.75) is 38.8 Å². The molecule has 0 spiro atoms. The Morgan fingerprint density at radius 2 is 2.21 bits per heavy atom. The van der Waals surface area contributed by atoms with Gasteiger partial charge in [0.25, 0.3) is 0 Å². The van der Waals surface area contributed by atoms with E-state index in [4.69, 9.17) is 10.5 Å². The average Bonchev–Trinajstić information content (AvgIpc) is 2.40. The van der Waals surface area contributed by atoms with Crippen LogP contribution in [0.4, 0.5) is 0 Å². The highest BCUT2D eigenvalue weighted by molar-refractivity contribution is 5.08. The lowest BCUT2D eigenvalue weighted by molar-refractivity contribution is -0.0342. The first-order valence-corrected chi connectivity index (χ1v) is 7.09. The van der Waals surface area contributed by atoms with Crippen LogP contribution in [0.3, 0.4) is 0 Å². The Labute approximate surface area is 115 Å².